The summed E-state index contributed by atoms with van der Waals surface area (Å²) in [7, 11) is -2.12. The van der Waals surface area contributed by atoms with Crippen LogP contribution >= 0.6 is 11.6 Å². The second-order valence-electron chi connectivity index (χ2n) is 3.72. The van der Waals surface area contributed by atoms with Gasteiger partial charge in [-0.3, -0.25) is 8.98 Å². The highest BCUT2D eigenvalue weighted by molar-refractivity contribution is 7.86. The molecule has 102 valence electrons. The molecule has 0 N–H and O–H groups in total. The van der Waals surface area contributed by atoms with Crippen LogP contribution in [-0.2, 0) is 23.8 Å². The van der Waals surface area contributed by atoms with E-state index in [0.29, 0.717) is 38.0 Å². The number of carbonyl (C=O) groups excluding carboxylic acids is 1. The normalized spacial score (nSPS) is 13.4. The first-order valence-corrected chi connectivity index (χ1v) is 7.75. The van der Waals surface area contributed by atoms with Gasteiger partial charge in [0.25, 0.3) is 10.1 Å². The van der Waals surface area contributed by atoms with Crippen molar-refractivity contribution in [2.75, 3.05) is 19.2 Å². The molecule has 0 saturated carbocycles. The largest absolute Gasteiger partial charge is 0.469 e. The van der Waals surface area contributed by atoms with E-state index in [1.165, 1.54) is 7.11 Å². The second kappa shape index (κ2) is 8.72. The van der Waals surface area contributed by atoms with Gasteiger partial charge in [0.05, 0.1) is 19.5 Å². The Labute approximate surface area is 108 Å². The van der Waals surface area contributed by atoms with Crippen molar-refractivity contribution >= 4 is 27.7 Å². The minimum absolute atomic E-state index is 0.261. The van der Waals surface area contributed by atoms with Crippen LogP contribution in [-0.4, -0.2) is 39.7 Å². The zero-order valence-electron chi connectivity index (χ0n) is 10.1. The van der Waals surface area contributed by atoms with E-state index in [9.17, 15) is 13.2 Å². The second-order valence-corrected chi connectivity index (χ2v) is 5.70. The number of halogens is 1. The van der Waals surface area contributed by atoms with E-state index in [1.807, 2.05) is 0 Å². The fourth-order valence-electron chi connectivity index (χ4n) is 1.35. The van der Waals surface area contributed by atoms with Gasteiger partial charge in [-0.1, -0.05) is 6.42 Å². The average Bonchev–Trinajstić information content (AvgIpc) is 2.22. The lowest BCUT2D eigenvalue weighted by atomic mass is 10.1. The summed E-state index contributed by atoms with van der Waals surface area (Å²) in [6.45, 7) is 0. The third kappa shape index (κ3) is 10.5. The van der Waals surface area contributed by atoms with E-state index in [1.54, 1.807) is 0 Å². The van der Waals surface area contributed by atoms with Gasteiger partial charge in [-0.05, 0) is 19.3 Å². The van der Waals surface area contributed by atoms with Crippen LogP contribution in [0.3, 0.4) is 0 Å². The Kier molecular flexibility index (Phi) is 8.55. The van der Waals surface area contributed by atoms with Crippen molar-refractivity contribution in [1.82, 2.24) is 0 Å². The number of hydrogen-bond donors (Lipinski definition) is 0. The van der Waals surface area contributed by atoms with E-state index in [4.69, 9.17) is 15.8 Å². The van der Waals surface area contributed by atoms with Gasteiger partial charge in [-0.15, -0.1) is 11.6 Å². The predicted octanol–water partition coefficient (Wildman–Crippen LogP) is 1.69. The van der Waals surface area contributed by atoms with Crippen molar-refractivity contribution in [1.29, 1.82) is 0 Å². The average molecular weight is 287 g/mol. The first-order valence-electron chi connectivity index (χ1n) is 5.40. The highest BCUT2D eigenvalue weighted by Crippen LogP contribution is 2.13. The molecular formula is C10H19ClO5S. The van der Waals surface area contributed by atoms with E-state index < -0.39 is 16.2 Å². The lowest BCUT2D eigenvalue weighted by Gasteiger charge is -2.14. The van der Waals surface area contributed by atoms with Crippen molar-refractivity contribution in [2.45, 2.75) is 38.2 Å². The predicted molar refractivity (Wildman–Crippen MR) is 65.5 cm³/mol. The maximum absolute atomic E-state index is 11.0. The first kappa shape index (κ1) is 16.7. The smallest absolute Gasteiger partial charge is 0.305 e. The van der Waals surface area contributed by atoms with Crippen LogP contribution in [0.15, 0.2) is 0 Å². The van der Waals surface area contributed by atoms with Gasteiger partial charge in [-0.2, -0.15) is 8.42 Å². The highest BCUT2D eigenvalue weighted by atomic mass is 35.5. The van der Waals surface area contributed by atoms with Gasteiger partial charge in [0.15, 0.2) is 0 Å². The fraction of sp³-hybridized carbons (Fsp3) is 0.900. The molecule has 0 spiro atoms. The minimum atomic E-state index is -3.45. The van der Waals surface area contributed by atoms with Crippen LogP contribution in [0.5, 0.6) is 0 Å². The molecule has 0 aliphatic rings. The van der Waals surface area contributed by atoms with Gasteiger partial charge in [-0.25, -0.2) is 0 Å². The molecule has 0 unspecified atom stereocenters. The third-order valence-electron chi connectivity index (χ3n) is 2.13. The molecule has 0 heterocycles. The Morgan fingerprint density at radius 3 is 2.41 bits per heavy atom. The Hall–Kier alpha value is -0.330. The summed E-state index contributed by atoms with van der Waals surface area (Å²) in [6.07, 6.45) is 3.35. The number of methoxy groups -OCH3 is 1. The molecule has 17 heavy (non-hydrogen) atoms. The molecule has 0 aliphatic carbocycles. The van der Waals surface area contributed by atoms with Gasteiger partial charge in [0.2, 0.25) is 0 Å². The van der Waals surface area contributed by atoms with Crippen LogP contribution in [0.2, 0.25) is 0 Å². The van der Waals surface area contributed by atoms with Crippen LogP contribution < -0.4 is 0 Å². The monoisotopic (exact) mass is 286 g/mol. The van der Waals surface area contributed by atoms with E-state index >= 15 is 0 Å². The summed E-state index contributed by atoms with van der Waals surface area (Å²) in [5, 5.41) is 0. The lowest BCUT2D eigenvalue weighted by molar-refractivity contribution is -0.140. The van der Waals surface area contributed by atoms with Crippen molar-refractivity contribution in [3.05, 3.63) is 0 Å². The number of ether oxygens (including phenoxy) is 1. The van der Waals surface area contributed by atoms with Crippen molar-refractivity contribution in [3.63, 3.8) is 0 Å². The summed E-state index contributed by atoms with van der Waals surface area (Å²) in [5.41, 5.74) is 0. The summed E-state index contributed by atoms with van der Waals surface area (Å²) in [4.78, 5) is 10.8. The Bertz CT molecular complexity index is 315. The van der Waals surface area contributed by atoms with Gasteiger partial charge in [0.1, 0.15) is 0 Å². The van der Waals surface area contributed by atoms with Crippen LogP contribution in [0.25, 0.3) is 0 Å². The van der Waals surface area contributed by atoms with Gasteiger partial charge < -0.3 is 4.74 Å². The van der Waals surface area contributed by atoms with Crippen LogP contribution in [0, 0.1) is 0 Å². The van der Waals surface area contributed by atoms with E-state index in [2.05, 4.69) is 4.74 Å². The number of carbonyl (C=O) groups is 1. The summed E-state index contributed by atoms with van der Waals surface area (Å²) in [5.74, 6) is 0.0833. The Morgan fingerprint density at radius 1 is 1.29 bits per heavy atom. The van der Waals surface area contributed by atoms with E-state index in [-0.39, 0.29) is 5.97 Å². The molecule has 7 heteroatoms. The number of esters is 1. The maximum atomic E-state index is 11.0. The molecular weight excluding hydrogens is 268 g/mol. The number of hydrogen-bond acceptors (Lipinski definition) is 5. The van der Waals surface area contributed by atoms with Crippen molar-refractivity contribution in [3.8, 4) is 0 Å². The van der Waals surface area contributed by atoms with Crippen molar-refractivity contribution in [2.24, 2.45) is 0 Å². The number of alkyl halides is 1. The Morgan fingerprint density at radius 2 is 1.94 bits per heavy atom. The molecule has 0 radical (unpaired) electrons. The fourth-order valence-corrected chi connectivity index (χ4v) is 2.28. The van der Waals surface area contributed by atoms with E-state index in [0.717, 1.165) is 6.26 Å². The topological polar surface area (TPSA) is 69.7 Å². The molecule has 0 fully saturated rings. The standard InChI is InChI=1S/C10H19ClO5S/c1-15-10(12)6-4-3-5-9(7-8-11)16-17(2,13)14/h9H,3-8H2,1-2H3/t9-/m1/s1. The lowest BCUT2D eigenvalue weighted by Crippen LogP contribution is -2.18. The summed E-state index contributed by atoms with van der Waals surface area (Å²) in [6, 6.07) is 0. The Balaban J connectivity index is 3.89. The van der Waals surface area contributed by atoms with Gasteiger partial charge >= 0.3 is 5.97 Å². The molecule has 0 aromatic heterocycles. The molecule has 1 atom stereocenters. The SMILES string of the molecule is COC(=O)CCCC[C@H](CCCl)OS(C)(=O)=O. The van der Waals surface area contributed by atoms with Crippen LogP contribution in [0.1, 0.15) is 32.1 Å². The molecule has 0 bridgehead atoms. The first-order chi connectivity index (χ1) is 7.89. The van der Waals surface area contributed by atoms with Crippen LogP contribution in [0.4, 0.5) is 0 Å². The number of unbranched alkanes of at least 4 members (excludes halogenated alkanes) is 1. The summed E-state index contributed by atoms with van der Waals surface area (Å²) < 4.78 is 31.3. The zero-order chi connectivity index (χ0) is 13.3. The molecule has 0 aliphatic heterocycles. The minimum Gasteiger partial charge on any atom is -0.469 e. The molecule has 0 aromatic rings. The highest BCUT2D eigenvalue weighted by Gasteiger charge is 2.15. The molecule has 0 aromatic carbocycles. The quantitative estimate of drug-likeness (QED) is 0.279. The zero-order valence-corrected chi connectivity index (χ0v) is 11.7. The van der Waals surface area contributed by atoms with Crippen molar-refractivity contribution < 1.29 is 22.1 Å². The molecule has 5 nitrogen and oxygen atoms in total. The molecule has 0 amide bonds. The third-order valence-corrected chi connectivity index (χ3v) is 2.97. The summed E-state index contributed by atoms with van der Waals surface area (Å²) >= 11 is 5.56. The number of rotatable bonds is 9. The van der Waals surface area contributed by atoms with Gasteiger partial charge in [0, 0.05) is 12.3 Å². The molecule has 0 saturated heterocycles. The maximum Gasteiger partial charge on any atom is 0.305 e. The molecule has 0 rings (SSSR count).